The summed E-state index contributed by atoms with van der Waals surface area (Å²) in [5, 5.41) is 16.3. The monoisotopic (exact) mass is 393 g/mol. The van der Waals surface area contributed by atoms with E-state index in [9.17, 15) is 14.9 Å². The summed E-state index contributed by atoms with van der Waals surface area (Å²) in [6, 6.07) is 8.64. The number of halogens is 2. The summed E-state index contributed by atoms with van der Waals surface area (Å²) in [5.41, 5.74) is 0.687. The number of carbonyl (C=O) groups is 1. The third-order valence-corrected chi connectivity index (χ3v) is 4.07. The van der Waals surface area contributed by atoms with Gasteiger partial charge in [-0.15, -0.1) is 5.10 Å². The van der Waals surface area contributed by atoms with E-state index in [1.165, 1.54) is 30.3 Å². The number of rotatable bonds is 5. The van der Waals surface area contributed by atoms with Crippen LogP contribution in [-0.4, -0.2) is 20.7 Å². The Morgan fingerprint density at radius 3 is 2.54 bits per heavy atom. The number of benzene rings is 2. The van der Waals surface area contributed by atoms with E-state index in [4.69, 9.17) is 27.9 Å². The van der Waals surface area contributed by atoms with Crippen molar-refractivity contribution in [3.63, 3.8) is 0 Å². The summed E-state index contributed by atoms with van der Waals surface area (Å²) in [4.78, 5) is 23.0. The lowest BCUT2D eigenvalue weighted by Gasteiger charge is -2.03. The van der Waals surface area contributed by atoms with Crippen molar-refractivity contribution in [1.82, 2.24) is 9.78 Å². The highest BCUT2D eigenvalue weighted by Crippen LogP contribution is 2.30. The molecule has 0 aliphatic heterocycles. The van der Waals surface area contributed by atoms with Crippen LogP contribution in [0.3, 0.4) is 0 Å². The summed E-state index contributed by atoms with van der Waals surface area (Å²) >= 11 is 11.8. The number of nitrogens with zero attached hydrogens (tertiary/aromatic N) is 3. The summed E-state index contributed by atoms with van der Waals surface area (Å²) < 4.78 is 7.02. The highest BCUT2D eigenvalue weighted by atomic mass is 35.5. The summed E-state index contributed by atoms with van der Waals surface area (Å²) in [6.07, 6.45) is 0.797. The minimum Gasteiger partial charge on any atom is -0.402 e. The van der Waals surface area contributed by atoms with Gasteiger partial charge < -0.3 is 4.74 Å². The van der Waals surface area contributed by atoms with Gasteiger partial charge in [-0.3, -0.25) is 14.8 Å². The van der Waals surface area contributed by atoms with E-state index >= 15 is 0 Å². The zero-order chi connectivity index (χ0) is 18.8. The first-order valence-electron chi connectivity index (χ1n) is 7.72. The van der Waals surface area contributed by atoms with Gasteiger partial charge >= 0.3 is 5.97 Å². The number of nitro groups is 1. The predicted octanol–water partition coefficient (Wildman–Crippen LogP) is 4.88. The van der Waals surface area contributed by atoms with E-state index in [2.05, 4.69) is 5.10 Å². The molecule has 0 N–H and O–H groups in total. The van der Waals surface area contributed by atoms with Crippen LogP contribution in [0.1, 0.15) is 23.7 Å². The van der Waals surface area contributed by atoms with Gasteiger partial charge in [-0.2, -0.15) is 0 Å². The molecule has 0 spiro atoms. The molecule has 0 saturated carbocycles. The van der Waals surface area contributed by atoms with Gasteiger partial charge in [0.05, 0.1) is 21.4 Å². The molecule has 0 amide bonds. The molecule has 0 radical (unpaired) electrons. The molecule has 26 heavy (non-hydrogen) atoms. The smallest absolute Gasteiger partial charge is 0.345 e. The molecule has 0 fully saturated rings. The van der Waals surface area contributed by atoms with Crippen LogP contribution in [0.2, 0.25) is 10.0 Å². The number of hydrogen-bond acceptors (Lipinski definition) is 5. The van der Waals surface area contributed by atoms with Gasteiger partial charge in [0.15, 0.2) is 0 Å². The summed E-state index contributed by atoms with van der Waals surface area (Å²) in [6.45, 7) is 2.55. The molecule has 7 nitrogen and oxygen atoms in total. The molecule has 0 saturated heterocycles. The van der Waals surface area contributed by atoms with E-state index < -0.39 is 10.9 Å². The summed E-state index contributed by atoms with van der Waals surface area (Å²) in [5.74, 6) is -0.706. The maximum atomic E-state index is 12.4. The molecule has 0 atom stereocenters. The molecule has 0 aliphatic carbocycles. The van der Waals surface area contributed by atoms with E-state index in [-0.39, 0.29) is 17.1 Å². The number of carbonyl (C=O) groups excluding carboxylic acids is 1. The fraction of sp³-hybridized carbons (Fsp3) is 0.176. The van der Waals surface area contributed by atoms with Gasteiger partial charge in [0.2, 0.25) is 5.88 Å². The molecule has 134 valence electrons. The number of ether oxygens (including phenoxy) is 1. The number of aromatic nitrogens is 2. The first kappa shape index (κ1) is 18.2. The van der Waals surface area contributed by atoms with Crippen LogP contribution in [0.15, 0.2) is 36.4 Å². The van der Waals surface area contributed by atoms with E-state index in [1.807, 2.05) is 6.92 Å². The normalized spacial score (nSPS) is 10.9. The lowest BCUT2D eigenvalue weighted by molar-refractivity contribution is -0.384. The van der Waals surface area contributed by atoms with Gasteiger partial charge in [-0.1, -0.05) is 30.1 Å². The first-order valence-corrected chi connectivity index (χ1v) is 8.48. The Morgan fingerprint density at radius 2 is 1.92 bits per heavy atom. The third-order valence-electron chi connectivity index (χ3n) is 3.63. The molecule has 0 bridgehead atoms. The van der Waals surface area contributed by atoms with E-state index in [0.717, 1.165) is 6.42 Å². The van der Waals surface area contributed by atoms with Gasteiger partial charge in [0, 0.05) is 28.7 Å². The van der Waals surface area contributed by atoms with Gasteiger partial charge in [-0.25, -0.2) is 4.79 Å². The Kier molecular flexibility index (Phi) is 5.11. The average molecular weight is 394 g/mol. The zero-order valence-electron chi connectivity index (χ0n) is 13.6. The quantitative estimate of drug-likeness (QED) is 0.350. The lowest BCUT2D eigenvalue weighted by atomic mass is 10.2. The van der Waals surface area contributed by atoms with Crippen molar-refractivity contribution in [3.05, 3.63) is 62.1 Å². The highest BCUT2D eigenvalue weighted by Gasteiger charge is 2.19. The highest BCUT2D eigenvalue weighted by molar-refractivity contribution is 6.35. The second kappa shape index (κ2) is 7.31. The first-order chi connectivity index (χ1) is 12.4. The lowest BCUT2D eigenvalue weighted by Crippen LogP contribution is -2.09. The predicted molar refractivity (Wildman–Crippen MR) is 98.1 cm³/mol. The third kappa shape index (κ3) is 3.63. The van der Waals surface area contributed by atoms with Gasteiger partial charge in [-0.05, 0) is 30.7 Å². The Labute approximate surface area is 158 Å². The Balaban J connectivity index is 2.04. The molecular weight excluding hydrogens is 381 g/mol. The van der Waals surface area contributed by atoms with E-state index in [1.54, 1.807) is 10.7 Å². The molecule has 3 rings (SSSR count). The summed E-state index contributed by atoms with van der Waals surface area (Å²) in [7, 11) is 0. The number of fused-ring (bicyclic) bond motifs is 1. The van der Waals surface area contributed by atoms with Gasteiger partial charge in [0.1, 0.15) is 0 Å². The van der Waals surface area contributed by atoms with Crippen molar-refractivity contribution < 1.29 is 14.5 Å². The van der Waals surface area contributed by atoms with Crippen molar-refractivity contribution in [2.45, 2.75) is 19.9 Å². The van der Waals surface area contributed by atoms with Crippen molar-refractivity contribution in [2.24, 2.45) is 0 Å². The molecule has 1 heterocycles. The molecule has 0 unspecified atom stereocenters. The Bertz CT molecular complexity index is 996. The topological polar surface area (TPSA) is 87.3 Å². The second-order valence-electron chi connectivity index (χ2n) is 5.53. The maximum absolute atomic E-state index is 12.4. The van der Waals surface area contributed by atoms with E-state index in [0.29, 0.717) is 27.5 Å². The zero-order valence-corrected chi connectivity index (χ0v) is 15.1. The Hall–Kier alpha value is -2.64. The largest absolute Gasteiger partial charge is 0.402 e. The number of aryl methyl sites for hydroxylation is 1. The van der Waals surface area contributed by atoms with Crippen LogP contribution in [0.5, 0.6) is 5.88 Å². The van der Waals surface area contributed by atoms with Crippen LogP contribution < -0.4 is 4.74 Å². The molecule has 0 aliphatic rings. The van der Waals surface area contributed by atoms with Gasteiger partial charge in [0.25, 0.3) is 5.69 Å². The SMILES string of the molecule is CCCn1nc(OC(=O)c2cc(Cl)cc(Cl)c2)c2cc([N+](=O)[O-])ccc21. The minimum atomic E-state index is -0.705. The van der Waals surface area contributed by atoms with Crippen LogP contribution in [0, 0.1) is 10.1 Å². The Morgan fingerprint density at radius 1 is 1.23 bits per heavy atom. The van der Waals surface area contributed by atoms with Crippen LogP contribution in [0.25, 0.3) is 10.9 Å². The van der Waals surface area contributed by atoms with Crippen LogP contribution in [-0.2, 0) is 6.54 Å². The van der Waals surface area contributed by atoms with Crippen LogP contribution >= 0.6 is 23.2 Å². The molecule has 3 aromatic rings. The molecule has 1 aromatic heterocycles. The number of hydrogen-bond donors (Lipinski definition) is 0. The fourth-order valence-electron chi connectivity index (χ4n) is 2.53. The van der Waals surface area contributed by atoms with Crippen molar-refractivity contribution in [3.8, 4) is 5.88 Å². The number of esters is 1. The number of non-ortho nitro benzene ring substituents is 1. The van der Waals surface area contributed by atoms with Crippen LogP contribution in [0.4, 0.5) is 5.69 Å². The second-order valence-corrected chi connectivity index (χ2v) is 6.41. The van der Waals surface area contributed by atoms with Crippen molar-refractivity contribution >= 4 is 45.8 Å². The van der Waals surface area contributed by atoms with Crippen molar-refractivity contribution in [1.29, 1.82) is 0 Å². The average Bonchev–Trinajstić information content (AvgIpc) is 2.91. The molecule has 2 aromatic carbocycles. The fourth-order valence-corrected chi connectivity index (χ4v) is 3.05. The molecular formula is C17H13Cl2N3O4. The number of nitro benzene ring substituents is 1. The maximum Gasteiger partial charge on any atom is 0.345 e. The minimum absolute atomic E-state index is 0.00162. The standard InChI is InChI=1S/C17H13Cl2N3O4/c1-2-5-21-15-4-3-13(22(24)25)9-14(15)16(20-21)26-17(23)10-6-11(18)8-12(19)7-10/h3-4,6-9H,2,5H2,1H3. The molecule has 9 heteroatoms. The van der Waals surface area contributed by atoms with Crippen molar-refractivity contribution in [2.75, 3.05) is 0 Å².